The first-order valence-electron chi connectivity index (χ1n) is 9.84. The molecule has 0 radical (unpaired) electrons. The van der Waals surface area contributed by atoms with E-state index in [9.17, 15) is 26.3 Å². The van der Waals surface area contributed by atoms with Gasteiger partial charge in [0.15, 0.2) is 23.3 Å². The van der Waals surface area contributed by atoms with E-state index in [2.05, 4.69) is 0 Å². The Morgan fingerprint density at radius 2 is 1.45 bits per heavy atom. The second kappa shape index (κ2) is 8.02. The molecule has 0 heterocycles. The van der Waals surface area contributed by atoms with Crippen LogP contribution in [-0.4, -0.2) is 0 Å². The molecule has 0 bridgehead atoms. The number of halogens is 7. The van der Waals surface area contributed by atoms with E-state index in [1.807, 2.05) is 0 Å². The van der Waals surface area contributed by atoms with Crippen LogP contribution in [0.2, 0.25) is 0 Å². The lowest BCUT2D eigenvalue weighted by atomic mass is 9.78. The van der Waals surface area contributed by atoms with Gasteiger partial charge in [-0.2, -0.15) is 0 Å². The van der Waals surface area contributed by atoms with Crippen LogP contribution in [0.1, 0.15) is 41.5 Å². The van der Waals surface area contributed by atoms with Gasteiger partial charge in [0.1, 0.15) is 17.5 Å². The monoisotopic (exact) mass is 438 g/mol. The highest BCUT2D eigenvalue weighted by atomic mass is 19.2. The molecule has 3 aromatic carbocycles. The maximum absolute atomic E-state index is 15.1. The third kappa shape index (κ3) is 3.50. The maximum atomic E-state index is 15.1. The van der Waals surface area contributed by atoms with Crippen molar-refractivity contribution >= 4 is 0 Å². The summed E-state index contributed by atoms with van der Waals surface area (Å²) in [5, 5.41) is 0. The molecule has 0 N–H and O–H groups in total. The van der Waals surface area contributed by atoms with Gasteiger partial charge < -0.3 is 0 Å². The first-order chi connectivity index (χ1) is 14.7. The molecule has 1 atom stereocenters. The fourth-order valence-electron chi connectivity index (χ4n) is 4.31. The highest BCUT2D eigenvalue weighted by molar-refractivity contribution is 5.68. The average Bonchev–Trinajstić information content (AvgIpc) is 2.74. The number of hydrogen-bond donors (Lipinski definition) is 0. The Balaban J connectivity index is 1.82. The first-order valence-corrected chi connectivity index (χ1v) is 9.84. The van der Waals surface area contributed by atoms with E-state index in [4.69, 9.17) is 0 Å². The Bertz CT molecular complexity index is 1160. The largest absolute Gasteiger partial charge is 0.207 e. The summed E-state index contributed by atoms with van der Waals surface area (Å²) >= 11 is 0. The van der Waals surface area contributed by atoms with E-state index in [-0.39, 0.29) is 36.0 Å². The van der Waals surface area contributed by atoms with Crippen molar-refractivity contribution in [3.8, 4) is 11.1 Å². The van der Waals surface area contributed by atoms with E-state index in [1.54, 1.807) is 6.92 Å². The summed E-state index contributed by atoms with van der Waals surface area (Å²) in [7, 11) is 0. The van der Waals surface area contributed by atoms with Crippen LogP contribution in [0, 0.1) is 40.7 Å². The molecule has 1 aliphatic carbocycles. The van der Waals surface area contributed by atoms with Gasteiger partial charge in [0, 0.05) is 11.1 Å². The minimum absolute atomic E-state index is 0.0827. The molecule has 0 fully saturated rings. The summed E-state index contributed by atoms with van der Waals surface area (Å²) in [6.45, 7) is 1.74. The normalized spacial score (nSPS) is 15.8. The summed E-state index contributed by atoms with van der Waals surface area (Å²) in [5.41, 5.74) is -2.05. The summed E-state index contributed by atoms with van der Waals surface area (Å²) in [5.74, 6) is -9.49. The molecule has 0 saturated carbocycles. The van der Waals surface area contributed by atoms with Gasteiger partial charge in [0.25, 0.3) is 0 Å². The number of fused-ring (bicyclic) bond motifs is 1. The van der Waals surface area contributed by atoms with Gasteiger partial charge in [0.2, 0.25) is 0 Å². The maximum Gasteiger partial charge on any atom is 0.169 e. The van der Waals surface area contributed by atoms with Crippen LogP contribution in [0.4, 0.5) is 30.7 Å². The predicted molar refractivity (Wildman–Crippen MR) is 102 cm³/mol. The molecule has 1 unspecified atom stereocenters. The number of hydrogen-bond acceptors (Lipinski definition) is 0. The van der Waals surface area contributed by atoms with E-state index >= 15 is 4.39 Å². The first kappa shape index (κ1) is 21.4. The quantitative estimate of drug-likeness (QED) is 0.301. The third-order valence-corrected chi connectivity index (χ3v) is 5.90. The smallest absolute Gasteiger partial charge is 0.169 e. The number of benzene rings is 3. The van der Waals surface area contributed by atoms with Gasteiger partial charge in [-0.25, -0.2) is 30.7 Å². The van der Waals surface area contributed by atoms with Crippen molar-refractivity contribution in [2.45, 2.75) is 38.5 Å². The lowest BCUT2D eigenvalue weighted by molar-refractivity contribution is 0.442. The van der Waals surface area contributed by atoms with Crippen molar-refractivity contribution in [2.75, 3.05) is 0 Å². The van der Waals surface area contributed by atoms with Gasteiger partial charge in [-0.1, -0.05) is 19.1 Å². The molecular weight excluding hydrogens is 421 g/mol. The van der Waals surface area contributed by atoms with Crippen LogP contribution in [0.3, 0.4) is 0 Å². The predicted octanol–water partition coefficient (Wildman–Crippen LogP) is 7.16. The van der Waals surface area contributed by atoms with E-state index < -0.39 is 57.8 Å². The Morgan fingerprint density at radius 3 is 2.10 bits per heavy atom. The number of aryl methyl sites for hydroxylation is 1. The summed E-state index contributed by atoms with van der Waals surface area (Å²) < 4.78 is 102. The molecule has 162 valence electrons. The minimum atomic E-state index is -1.66. The molecule has 3 aromatic rings. The van der Waals surface area contributed by atoms with Crippen molar-refractivity contribution in [1.82, 2.24) is 0 Å². The molecule has 0 amide bonds. The second-order valence-corrected chi connectivity index (χ2v) is 7.64. The summed E-state index contributed by atoms with van der Waals surface area (Å²) in [4.78, 5) is 0. The molecular formula is C24H17F7. The molecule has 0 nitrogen and oxygen atoms in total. The van der Waals surface area contributed by atoms with Crippen molar-refractivity contribution in [2.24, 2.45) is 0 Å². The fraction of sp³-hybridized carbons (Fsp3) is 0.250. The fourth-order valence-corrected chi connectivity index (χ4v) is 4.31. The number of rotatable bonds is 3. The van der Waals surface area contributed by atoms with Gasteiger partial charge in [-0.15, -0.1) is 0 Å². The molecule has 0 aliphatic heterocycles. The standard InChI is InChI=1S/C24H17F7/c1-2-11-8-17(26)19(18(27)9-11)12-6-7-13-15(10-12)23(30)24(31)20(22(13)29)14-4-3-5-16(25)21(14)28/h3-5,8-9,12H,2,6-7,10H2,1H3. The SMILES string of the molecule is CCc1cc(F)c(C2CCc3c(F)c(-c4cccc(F)c4F)c(F)c(F)c3C2)c(F)c1. The Labute approximate surface area is 174 Å². The van der Waals surface area contributed by atoms with Crippen LogP contribution in [0.15, 0.2) is 30.3 Å². The average molecular weight is 438 g/mol. The van der Waals surface area contributed by atoms with Crippen LogP contribution >= 0.6 is 0 Å². The highest BCUT2D eigenvalue weighted by Crippen LogP contribution is 2.42. The van der Waals surface area contributed by atoms with Gasteiger partial charge >= 0.3 is 0 Å². The molecule has 0 spiro atoms. The lowest BCUT2D eigenvalue weighted by Gasteiger charge is -2.28. The molecule has 31 heavy (non-hydrogen) atoms. The molecule has 4 rings (SSSR count). The zero-order valence-corrected chi connectivity index (χ0v) is 16.4. The van der Waals surface area contributed by atoms with Crippen molar-refractivity contribution in [1.29, 1.82) is 0 Å². The van der Waals surface area contributed by atoms with Crippen molar-refractivity contribution in [3.63, 3.8) is 0 Å². The molecule has 1 aliphatic rings. The van der Waals surface area contributed by atoms with Crippen molar-refractivity contribution < 1.29 is 30.7 Å². The molecule has 0 saturated heterocycles. The summed E-state index contributed by atoms with van der Waals surface area (Å²) in [6, 6.07) is 5.19. The van der Waals surface area contributed by atoms with E-state index in [0.29, 0.717) is 12.0 Å². The van der Waals surface area contributed by atoms with E-state index in [0.717, 1.165) is 18.2 Å². The minimum Gasteiger partial charge on any atom is -0.207 e. The third-order valence-electron chi connectivity index (χ3n) is 5.90. The van der Waals surface area contributed by atoms with Crippen LogP contribution in [-0.2, 0) is 19.3 Å². The highest BCUT2D eigenvalue weighted by Gasteiger charge is 2.34. The van der Waals surface area contributed by atoms with Gasteiger partial charge in [-0.3, -0.25) is 0 Å². The molecule has 7 heteroatoms. The Hall–Kier alpha value is -2.83. The van der Waals surface area contributed by atoms with E-state index in [1.165, 1.54) is 12.1 Å². The van der Waals surface area contributed by atoms with Gasteiger partial charge in [-0.05, 0) is 66.5 Å². The lowest BCUT2D eigenvalue weighted by Crippen LogP contribution is -2.20. The van der Waals surface area contributed by atoms with Crippen molar-refractivity contribution in [3.05, 3.63) is 93.3 Å². The van der Waals surface area contributed by atoms with Crippen LogP contribution < -0.4 is 0 Å². The Morgan fingerprint density at radius 1 is 0.774 bits per heavy atom. The molecule has 0 aromatic heterocycles. The van der Waals surface area contributed by atoms with Crippen LogP contribution in [0.25, 0.3) is 11.1 Å². The van der Waals surface area contributed by atoms with Gasteiger partial charge in [0.05, 0.1) is 5.56 Å². The Kier molecular flexibility index (Phi) is 5.54. The van der Waals surface area contributed by atoms with Crippen LogP contribution in [0.5, 0.6) is 0 Å². The zero-order chi connectivity index (χ0) is 22.4. The topological polar surface area (TPSA) is 0 Å². The second-order valence-electron chi connectivity index (χ2n) is 7.64. The summed E-state index contributed by atoms with van der Waals surface area (Å²) in [6.07, 6.45) is 0.0487. The zero-order valence-electron chi connectivity index (χ0n) is 16.4.